The lowest BCUT2D eigenvalue weighted by molar-refractivity contribution is -0.141. The van der Waals surface area contributed by atoms with Crippen molar-refractivity contribution in [2.24, 2.45) is 0 Å². The van der Waals surface area contributed by atoms with Crippen LogP contribution in [0.3, 0.4) is 0 Å². The van der Waals surface area contributed by atoms with Crippen LogP contribution in [-0.4, -0.2) is 50.0 Å². The zero-order valence-electron chi connectivity index (χ0n) is 24.2. The van der Waals surface area contributed by atoms with E-state index in [1.54, 1.807) is 11.0 Å². The fourth-order valence-corrected chi connectivity index (χ4v) is 5.57. The molecule has 1 N–H and O–H groups in total. The molecule has 0 spiro atoms. The van der Waals surface area contributed by atoms with Gasteiger partial charge in [0.25, 0.3) is 0 Å². The van der Waals surface area contributed by atoms with Gasteiger partial charge in [-0.05, 0) is 55.5 Å². The first kappa shape index (κ1) is 31.8. The lowest BCUT2D eigenvalue weighted by Crippen LogP contribution is -2.52. The molecule has 2 amide bonds. The maximum absolute atomic E-state index is 14.5. The van der Waals surface area contributed by atoms with Crippen molar-refractivity contribution >= 4 is 27.5 Å². The van der Waals surface area contributed by atoms with Crippen LogP contribution in [0.4, 0.5) is 10.1 Å². The summed E-state index contributed by atoms with van der Waals surface area (Å²) in [6.45, 7) is 6.01. The summed E-state index contributed by atoms with van der Waals surface area (Å²) in [5, 5.41) is 3.05. The predicted molar refractivity (Wildman–Crippen MR) is 161 cm³/mol. The molecule has 2 atom stereocenters. The molecule has 41 heavy (non-hydrogen) atoms. The van der Waals surface area contributed by atoms with Crippen LogP contribution in [0.5, 0.6) is 0 Å². The fraction of sp³-hybridized carbons (Fsp3) is 0.375. The number of carbonyl (C=O) groups is 2. The van der Waals surface area contributed by atoms with Crippen LogP contribution < -0.4 is 9.62 Å². The molecule has 0 unspecified atom stereocenters. The Balaban J connectivity index is 1.91. The largest absolute Gasteiger partial charge is 0.352 e. The topological polar surface area (TPSA) is 86.8 Å². The van der Waals surface area contributed by atoms with Gasteiger partial charge in [-0.1, -0.05) is 73.7 Å². The normalized spacial score (nSPS) is 12.8. The Morgan fingerprint density at radius 1 is 0.951 bits per heavy atom. The van der Waals surface area contributed by atoms with E-state index in [1.165, 1.54) is 18.2 Å². The first-order valence-electron chi connectivity index (χ1n) is 13.9. The van der Waals surface area contributed by atoms with Gasteiger partial charge in [-0.25, -0.2) is 12.8 Å². The van der Waals surface area contributed by atoms with Gasteiger partial charge in [0, 0.05) is 32.0 Å². The molecular formula is C32H40FN3O4S. The van der Waals surface area contributed by atoms with Crippen LogP contribution in [0.15, 0.2) is 78.9 Å². The minimum atomic E-state index is -3.80. The molecular weight excluding hydrogens is 541 g/mol. The highest BCUT2D eigenvalue weighted by Crippen LogP contribution is 2.23. The average molecular weight is 582 g/mol. The maximum atomic E-state index is 14.5. The van der Waals surface area contributed by atoms with E-state index in [9.17, 15) is 22.4 Å². The Bertz CT molecular complexity index is 1420. The number of rotatable bonds is 14. The van der Waals surface area contributed by atoms with E-state index in [1.807, 2.05) is 75.4 Å². The van der Waals surface area contributed by atoms with Crippen LogP contribution >= 0.6 is 0 Å². The minimum Gasteiger partial charge on any atom is -0.352 e. The van der Waals surface area contributed by atoms with Crippen molar-refractivity contribution < 1.29 is 22.4 Å². The van der Waals surface area contributed by atoms with Gasteiger partial charge in [-0.3, -0.25) is 13.9 Å². The fourth-order valence-electron chi connectivity index (χ4n) is 4.60. The Morgan fingerprint density at radius 3 is 2.22 bits per heavy atom. The number of aryl methyl sites for hydroxylation is 1. The average Bonchev–Trinajstić information content (AvgIpc) is 2.94. The molecule has 3 aromatic rings. The second-order valence-electron chi connectivity index (χ2n) is 10.4. The van der Waals surface area contributed by atoms with Crippen LogP contribution in [0.1, 0.15) is 49.8 Å². The number of sulfonamides is 1. The number of para-hydroxylation sites is 1. The molecule has 0 aliphatic rings. The van der Waals surface area contributed by atoms with E-state index in [0.29, 0.717) is 6.42 Å². The summed E-state index contributed by atoms with van der Waals surface area (Å²) in [6, 6.07) is 22.1. The van der Waals surface area contributed by atoms with Crippen LogP contribution in [0, 0.1) is 12.7 Å². The van der Waals surface area contributed by atoms with Crippen LogP contribution in [0.25, 0.3) is 0 Å². The maximum Gasteiger partial charge on any atom is 0.243 e. The lowest BCUT2D eigenvalue weighted by atomic mass is 10.0. The van der Waals surface area contributed by atoms with Crippen LogP contribution in [0.2, 0.25) is 0 Å². The number of carbonyl (C=O) groups excluding carboxylic acids is 2. The summed E-state index contributed by atoms with van der Waals surface area (Å²) < 4.78 is 40.5. The van der Waals surface area contributed by atoms with Gasteiger partial charge in [-0.2, -0.15) is 0 Å². The van der Waals surface area contributed by atoms with Gasteiger partial charge in [0.1, 0.15) is 11.9 Å². The van der Waals surface area contributed by atoms with Crippen LogP contribution in [-0.2, 0) is 32.6 Å². The standard InChI is InChI=1S/C32H40FN3O4S/c1-5-25(3)34-32(38)30(22-26-15-7-6-8-16-26)35(23-27-17-10-9-14-24(27)2)31(37)20-13-21-36(41(4,39)40)29-19-12-11-18-28(29)33/h6-12,14-19,25,30H,5,13,20-23H2,1-4H3,(H,34,38)/t25-,30-/m1/s1. The first-order chi connectivity index (χ1) is 19.5. The quantitative estimate of drug-likeness (QED) is 0.282. The van der Waals surface area contributed by atoms with Gasteiger partial charge in [0.05, 0.1) is 11.9 Å². The number of halogens is 1. The number of hydrogen-bond donors (Lipinski definition) is 1. The summed E-state index contributed by atoms with van der Waals surface area (Å²) in [4.78, 5) is 29.1. The van der Waals surface area contributed by atoms with E-state index >= 15 is 0 Å². The van der Waals surface area contributed by atoms with Crippen molar-refractivity contribution in [1.82, 2.24) is 10.2 Å². The van der Waals surface area contributed by atoms with Crippen molar-refractivity contribution in [2.45, 2.75) is 65.1 Å². The Labute approximate surface area is 243 Å². The molecule has 0 aliphatic carbocycles. The third kappa shape index (κ3) is 9.14. The molecule has 0 aliphatic heterocycles. The van der Waals surface area contributed by atoms with Gasteiger partial charge in [-0.15, -0.1) is 0 Å². The summed E-state index contributed by atoms with van der Waals surface area (Å²) in [5.41, 5.74) is 2.77. The smallest absolute Gasteiger partial charge is 0.243 e. The Kier molecular flexibility index (Phi) is 11.5. The highest BCUT2D eigenvalue weighted by Gasteiger charge is 2.31. The van der Waals surface area contributed by atoms with Gasteiger partial charge in [0.2, 0.25) is 21.8 Å². The number of nitrogens with one attached hydrogen (secondary N) is 1. The van der Waals surface area contributed by atoms with E-state index in [0.717, 1.165) is 33.7 Å². The molecule has 0 bridgehead atoms. The summed E-state index contributed by atoms with van der Waals surface area (Å²) in [6.07, 6.45) is 2.21. The molecule has 0 saturated heterocycles. The Hall–Kier alpha value is -3.72. The molecule has 7 nitrogen and oxygen atoms in total. The molecule has 9 heteroatoms. The molecule has 0 saturated carbocycles. The molecule has 0 radical (unpaired) electrons. The number of hydrogen-bond acceptors (Lipinski definition) is 4. The van der Waals surface area contributed by atoms with E-state index < -0.39 is 21.9 Å². The number of anilines is 1. The summed E-state index contributed by atoms with van der Waals surface area (Å²) in [7, 11) is -3.80. The van der Waals surface area contributed by atoms with Gasteiger partial charge in [0.15, 0.2) is 0 Å². The third-order valence-corrected chi connectivity index (χ3v) is 8.33. The van der Waals surface area contributed by atoms with Crippen molar-refractivity contribution in [2.75, 3.05) is 17.1 Å². The first-order valence-corrected chi connectivity index (χ1v) is 15.8. The van der Waals surface area contributed by atoms with E-state index in [2.05, 4.69) is 5.32 Å². The van der Waals surface area contributed by atoms with Crippen molar-refractivity contribution in [3.05, 3.63) is 101 Å². The second-order valence-corrected chi connectivity index (χ2v) is 12.3. The number of benzene rings is 3. The zero-order valence-corrected chi connectivity index (χ0v) is 25.0. The summed E-state index contributed by atoms with van der Waals surface area (Å²) >= 11 is 0. The monoisotopic (exact) mass is 581 g/mol. The van der Waals surface area contributed by atoms with E-state index in [4.69, 9.17) is 0 Å². The molecule has 0 heterocycles. The zero-order chi connectivity index (χ0) is 30.0. The third-order valence-electron chi connectivity index (χ3n) is 7.15. The number of nitrogens with zero attached hydrogens (tertiary/aromatic N) is 2. The Morgan fingerprint density at radius 2 is 1.59 bits per heavy atom. The van der Waals surface area contributed by atoms with Crippen molar-refractivity contribution in [3.8, 4) is 0 Å². The molecule has 0 aromatic heterocycles. The molecule has 3 rings (SSSR count). The molecule has 0 fully saturated rings. The van der Waals surface area contributed by atoms with Gasteiger partial charge < -0.3 is 10.2 Å². The van der Waals surface area contributed by atoms with Crippen molar-refractivity contribution in [3.63, 3.8) is 0 Å². The van der Waals surface area contributed by atoms with Gasteiger partial charge >= 0.3 is 0 Å². The highest BCUT2D eigenvalue weighted by molar-refractivity contribution is 7.92. The summed E-state index contributed by atoms with van der Waals surface area (Å²) in [5.74, 6) is -1.18. The predicted octanol–water partition coefficient (Wildman–Crippen LogP) is 5.24. The lowest BCUT2D eigenvalue weighted by Gasteiger charge is -2.33. The van der Waals surface area contributed by atoms with Crippen molar-refractivity contribution in [1.29, 1.82) is 0 Å². The SMILES string of the molecule is CC[C@@H](C)NC(=O)[C@@H](Cc1ccccc1)N(Cc1ccccc1C)C(=O)CCCN(c1ccccc1F)S(C)(=O)=O. The van der Waals surface area contributed by atoms with E-state index in [-0.39, 0.29) is 49.5 Å². The number of amides is 2. The second kappa shape index (κ2) is 14.8. The highest BCUT2D eigenvalue weighted by atomic mass is 32.2. The molecule has 220 valence electrons. The minimum absolute atomic E-state index is 0.0196. The molecule has 3 aromatic carbocycles.